The fraction of sp³-hybridized carbons (Fsp3) is 0.176. The average molecular weight is 278 g/mol. The molecule has 0 atom stereocenters. The summed E-state index contributed by atoms with van der Waals surface area (Å²) in [5.41, 5.74) is 2.50. The summed E-state index contributed by atoms with van der Waals surface area (Å²) in [4.78, 5) is 6.57. The third kappa shape index (κ3) is 3.11. The van der Waals surface area contributed by atoms with Gasteiger partial charge in [-0.05, 0) is 24.6 Å². The molecule has 0 aliphatic rings. The molecule has 0 saturated carbocycles. The Labute approximate surface area is 124 Å². The maximum Gasteiger partial charge on any atom is 0.156 e. The summed E-state index contributed by atoms with van der Waals surface area (Å²) in [5.74, 6) is 1.80. The molecule has 2 heterocycles. The molecule has 106 valence electrons. The summed E-state index contributed by atoms with van der Waals surface area (Å²) in [7, 11) is 1.92. The summed E-state index contributed by atoms with van der Waals surface area (Å²) in [6, 6.07) is 16.5. The molecule has 0 aliphatic carbocycles. The number of nitrogens with zero attached hydrogens (tertiary/aromatic N) is 4. The number of hydrogen-bond acceptors (Lipinski definition) is 3. The Morgan fingerprint density at radius 2 is 1.81 bits per heavy atom. The second-order valence-electron chi connectivity index (χ2n) is 5.11. The van der Waals surface area contributed by atoms with Gasteiger partial charge in [-0.1, -0.05) is 35.9 Å². The first-order valence-electron chi connectivity index (χ1n) is 6.96. The van der Waals surface area contributed by atoms with Crippen LogP contribution in [-0.4, -0.2) is 14.8 Å². The lowest BCUT2D eigenvalue weighted by Gasteiger charge is -2.21. The Morgan fingerprint density at radius 3 is 2.43 bits per heavy atom. The highest BCUT2D eigenvalue weighted by molar-refractivity contribution is 5.55. The van der Waals surface area contributed by atoms with Crippen LogP contribution in [-0.2, 0) is 13.6 Å². The van der Waals surface area contributed by atoms with Gasteiger partial charge in [0.05, 0.1) is 6.54 Å². The SMILES string of the molecule is Cc1ccc(CN(c2ccccn2)c2ccn(C)n2)cc1. The van der Waals surface area contributed by atoms with Crippen LogP contribution < -0.4 is 4.90 Å². The van der Waals surface area contributed by atoms with Gasteiger partial charge in [0.15, 0.2) is 5.82 Å². The van der Waals surface area contributed by atoms with Gasteiger partial charge >= 0.3 is 0 Å². The van der Waals surface area contributed by atoms with Crippen LogP contribution in [0.4, 0.5) is 11.6 Å². The number of benzene rings is 1. The fourth-order valence-corrected chi connectivity index (χ4v) is 2.22. The Bertz CT molecular complexity index is 701. The molecule has 3 aromatic rings. The van der Waals surface area contributed by atoms with Gasteiger partial charge in [0.25, 0.3) is 0 Å². The van der Waals surface area contributed by atoms with Crippen molar-refractivity contribution in [1.82, 2.24) is 14.8 Å². The van der Waals surface area contributed by atoms with Crippen molar-refractivity contribution in [3.8, 4) is 0 Å². The summed E-state index contributed by atoms with van der Waals surface area (Å²) in [6.07, 6.45) is 3.75. The number of rotatable bonds is 4. The number of aryl methyl sites for hydroxylation is 2. The lowest BCUT2D eigenvalue weighted by atomic mass is 10.1. The van der Waals surface area contributed by atoms with E-state index in [1.807, 2.05) is 37.5 Å². The molecule has 0 spiro atoms. The molecule has 0 saturated heterocycles. The first kappa shape index (κ1) is 13.4. The van der Waals surface area contributed by atoms with E-state index in [-0.39, 0.29) is 0 Å². The van der Waals surface area contributed by atoms with Gasteiger partial charge in [-0.15, -0.1) is 0 Å². The first-order chi connectivity index (χ1) is 10.2. The molecule has 0 bridgehead atoms. The third-order valence-electron chi connectivity index (χ3n) is 3.36. The summed E-state index contributed by atoms with van der Waals surface area (Å²) >= 11 is 0. The van der Waals surface area contributed by atoms with Crippen LogP contribution in [0.2, 0.25) is 0 Å². The minimum atomic E-state index is 0.744. The molecule has 4 nitrogen and oxygen atoms in total. The van der Waals surface area contributed by atoms with Crippen LogP contribution in [0.1, 0.15) is 11.1 Å². The van der Waals surface area contributed by atoms with Crippen molar-refractivity contribution in [2.75, 3.05) is 4.90 Å². The Balaban J connectivity index is 1.94. The van der Waals surface area contributed by atoms with E-state index in [0.717, 1.165) is 18.2 Å². The predicted octanol–water partition coefficient (Wildman–Crippen LogP) is 3.46. The summed E-state index contributed by atoms with van der Waals surface area (Å²) < 4.78 is 1.81. The minimum absolute atomic E-state index is 0.744. The molecule has 0 radical (unpaired) electrons. The highest BCUT2D eigenvalue weighted by atomic mass is 15.3. The highest BCUT2D eigenvalue weighted by Crippen LogP contribution is 2.23. The lowest BCUT2D eigenvalue weighted by molar-refractivity contribution is 0.756. The standard InChI is InChI=1S/C17H18N4/c1-14-6-8-15(9-7-14)13-21(16-5-3-4-11-18-16)17-10-12-20(2)19-17/h3-12H,13H2,1-2H3. The van der Waals surface area contributed by atoms with Crippen molar-refractivity contribution in [2.24, 2.45) is 7.05 Å². The molecule has 0 N–H and O–H groups in total. The normalized spacial score (nSPS) is 10.6. The molecule has 21 heavy (non-hydrogen) atoms. The molecule has 3 rings (SSSR count). The summed E-state index contributed by atoms with van der Waals surface area (Å²) in [6.45, 7) is 2.84. The van der Waals surface area contributed by atoms with E-state index >= 15 is 0 Å². The summed E-state index contributed by atoms with van der Waals surface area (Å²) in [5, 5.41) is 4.50. The smallest absolute Gasteiger partial charge is 0.156 e. The van der Waals surface area contributed by atoms with Crippen molar-refractivity contribution in [2.45, 2.75) is 13.5 Å². The Kier molecular flexibility index (Phi) is 3.69. The van der Waals surface area contributed by atoms with Gasteiger partial charge < -0.3 is 4.90 Å². The predicted molar refractivity (Wildman–Crippen MR) is 84.5 cm³/mol. The zero-order chi connectivity index (χ0) is 14.7. The molecule has 0 amide bonds. The zero-order valence-electron chi connectivity index (χ0n) is 12.3. The first-order valence-corrected chi connectivity index (χ1v) is 6.96. The van der Waals surface area contributed by atoms with Gasteiger partial charge in [-0.25, -0.2) is 4.98 Å². The van der Waals surface area contributed by atoms with Crippen molar-refractivity contribution in [1.29, 1.82) is 0 Å². The quantitative estimate of drug-likeness (QED) is 0.733. The fourth-order valence-electron chi connectivity index (χ4n) is 2.22. The molecule has 0 unspecified atom stereocenters. The van der Waals surface area contributed by atoms with E-state index in [9.17, 15) is 0 Å². The van der Waals surface area contributed by atoms with Gasteiger partial charge in [-0.2, -0.15) is 5.10 Å². The Morgan fingerprint density at radius 1 is 1.00 bits per heavy atom. The number of aromatic nitrogens is 3. The van der Waals surface area contributed by atoms with E-state index in [0.29, 0.717) is 0 Å². The lowest BCUT2D eigenvalue weighted by Crippen LogP contribution is -2.18. The maximum absolute atomic E-state index is 4.50. The second kappa shape index (κ2) is 5.79. The number of anilines is 2. The maximum atomic E-state index is 4.50. The van der Waals surface area contributed by atoms with E-state index in [1.165, 1.54) is 11.1 Å². The molecule has 0 aliphatic heterocycles. The van der Waals surface area contributed by atoms with Crippen LogP contribution in [0.3, 0.4) is 0 Å². The highest BCUT2D eigenvalue weighted by Gasteiger charge is 2.13. The average Bonchev–Trinajstić information content (AvgIpc) is 2.94. The molecule has 2 aromatic heterocycles. The van der Waals surface area contributed by atoms with Gasteiger partial charge in [0.2, 0.25) is 0 Å². The molecule has 4 heteroatoms. The van der Waals surface area contributed by atoms with Crippen molar-refractivity contribution >= 4 is 11.6 Å². The topological polar surface area (TPSA) is 34.0 Å². The van der Waals surface area contributed by atoms with Gasteiger partial charge in [0, 0.05) is 25.5 Å². The van der Waals surface area contributed by atoms with Crippen LogP contribution in [0, 0.1) is 6.92 Å². The van der Waals surface area contributed by atoms with E-state index < -0.39 is 0 Å². The number of hydrogen-bond donors (Lipinski definition) is 0. The number of pyridine rings is 1. The van der Waals surface area contributed by atoms with Crippen LogP contribution >= 0.6 is 0 Å². The molecule has 0 fully saturated rings. The monoisotopic (exact) mass is 278 g/mol. The molecular formula is C17H18N4. The van der Waals surface area contributed by atoms with Crippen molar-refractivity contribution < 1.29 is 0 Å². The van der Waals surface area contributed by atoms with Gasteiger partial charge in [0.1, 0.15) is 5.82 Å². The van der Waals surface area contributed by atoms with Gasteiger partial charge in [-0.3, -0.25) is 4.68 Å². The van der Waals surface area contributed by atoms with E-state index in [2.05, 4.69) is 46.2 Å². The van der Waals surface area contributed by atoms with Crippen molar-refractivity contribution in [3.05, 3.63) is 72.1 Å². The van der Waals surface area contributed by atoms with Crippen LogP contribution in [0.25, 0.3) is 0 Å². The third-order valence-corrected chi connectivity index (χ3v) is 3.36. The Hall–Kier alpha value is -2.62. The molecular weight excluding hydrogens is 260 g/mol. The second-order valence-corrected chi connectivity index (χ2v) is 5.11. The largest absolute Gasteiger partial charge is 0.305 e. The van der Waals surface area contributed by atoms with Crippen LogP contribution in [0.5, 0.6) is 0 Å². The van der Waals surface area contributed by atoms with E-state index in [4.69, 9.17) is 0 Å². The minimum Gasteiger partial charge on any atom is -0.305 e. The molecule has 1 aromatic carbocycles. The van der Waals surface area contributed by atoms with Crippen LogP contribution in [0.15, 0.2) is 60.9 Å². The zero-order valence-corrected chi connectivity index (χ0v) is 12.3. The van der Waals surface area contributed by atoms with E-state index in [1.54, 1.807) is 10.9 Å². The van der Waals surface area contributed by atoms with Crippen molar-refractivity contribution in [3.63, 3.8) is 0 Å².